The summed E-state index contributed by atoms with van der Waals surface area (Å²) in [6.07, 6.45) is 4.16. The summed E-state index contributed by atoms with van der Waals surface area (Å²) < 4.78 is 28.3. The van der Waals surface area contributed by atoms with Crippen molar-refractivity contribution in [1.29, 1.82) is 0 Å². The third-order valence-corrected chi connectivity index (χ3v) is 5.21. The molecule has 3 rings (SSSR count). The summed E-state index contributed by atoms with van der Waals surface area (Å²) in [6, 6.07) is 7.30. The van der Waals surface area contributed by atoms with Crippen LogP contribution in [0.4, 0.5) is 0 Å². The van der Waals surface area contributed by atoms with Gasteiger partial charge < -0.3 is 10.1 Å². The van der Waals surface area contributed by atoms with E-state index in [1.54, 1.807) is 12.1 Å². The Morgan fingerprint density at radius 3 is 2.50 bits per heavy atom. The Bertz CT molecular complexity index is 585. The Hall–Kier alpha value is -0.950. The summed E-state index contributed by atoms with van der Waals surface area (Å²) in [4.78, 5) is 0.150. The predicted molar refractivity (Wildman–Crippen MR) is 75.7 cm³/mol. The maximum Gasteiger partial charge on any atom is 0.238 e. The third kappa shape index (κ3) is 2.74. The average Bonchev–Trinajstić information content (AvgIpc) is 3.00. The molecule has 2 aliphatic rings. The Morgan fingerprint density at radius 1 is 1.30 bits per heavy atom. The first-order chi connectivity index (χ1) is 9.43. The molecule has 0 saturated carbocycles. The second-order valence-electron chi connectivity index (χ2n) is 5.72. The highest BCUT2D eigenvalue weighted by atomic mass is 32.2. The number of hydrogen-bond donors (Lipinski definition) is 2. The molecule has 2 aliphatic heterocycles. The second kappa shape index (κ2) is 5.11. The summed E-state index contributed by atoms with van der Waals surface area (Å²) in [5.41, 5.74) is 1.06. The predicted octanol–water partition coefficient (Wildman–Crippen LogP) is 1.30. The van der Waals surface area contributed by atoms with Crippen LogP contribution < -0.4 is 10.5 Å². The zero-order valence-electron chi connectivity index (χ0n) is 11.5. The van der Waals surface area contributed by atoms with Gasteiger partial charge in [-0.1, -0.05) is 12.1 Å². The number of rotatable bonds is 4. The fraction of sp³-hybridized carbons (Fsp3) is 0.571. The van der Waals surface area contributed by atoms with Crippen molar-refractivity contribution in [2.24, 2.45) is 5.14 Å². The molecule has 2 heterocycles. The van der Waals surface area contributed by atoms with Crippen molar-refractivity contribution in [1.82, 2.24) is 5.32 Å². The van der Waals surface area contributed by atoms with Crippen LogP contribution in [0, 0.1) is 0 Å². The van der Waals surface area contributed by atoms with Crippen LogP contribution in [-0.2, 0) is 14.8 Å². The van der Waals surface area contributed by atoms with Gasteiger partial charge in [0.15, 0.2) is 0 Å². The summed E-state index contributed by atoms with van der Waals surface area (Å²) in [7, 11) is -3.61. The Labute approximate surface area is 119 Å². The highest BCUT2D eigenvalue weighted by Crippen LogP contribution is 2.35. The number of ether oxygens (including phenoxy) is 1. The zero-order valence-corrected chi connectivity index (χ0v) is 12.3. The molecule has 2 bridgehead atoms. The minimum Gasteiger partial charge on any atom is -0.373 e. The van der Waals surface area contributed by atoms with Crippen molar-refractivity contribution in [2.75, 3.05) is 0 Å². The molecule has 0 spiro atoms. The number of fused-ring (bicyclic) bond motifs is 2. The number of benzene rings is 1. The maximum absolute atomic E-state index is 11.2. The Morgan fingerprint density at radius 2 is 2.00 bits per heavy atom. The molecule has 0 aromatic heterocycles. The highest BCUT2D eigenvalue weighted by Gasteiger charge is 2.40. The van der Waals surface area contributed by atoms with Crippen molar-refractivity contribution >= 4 is 10.0 Å². The lowest BCUT2D eigenvalue weighted by molar-refractivity contribution is 0.0962. The van der Waals surface area contributed by atoms with E-state index >= 15 is 0 Å². The van der Waals surface area contributed by atoms with E-state index in [-0.39, 0.29) is 10.9 Å². The van der Waals surface area contributed by atoms with Gasteiger partial charge in [-0.15, -0.1) is 0 Å². The van der Waals surface area contributed by atoms with Gasteiger partial charge in [0.1, 0.15) is 0 Å². The summed E-state index contributed by atoms with van der Waals surface area (Å²) in [5, 5.41) is 8.68. The number of primary sulfonamides is 1. The molecule has 0 aliphatic carbocycles. The number of nitrogens with one attached hydrogen (secondary N) is 1. The molecule has 1 aromatic rings. The van der Waals surface area contributed by atoms with E-state index in [1.807, 2.05) is 12.1 Å². The van der Waals surface area contributed by atoms with E-state index < -0.39 is 10.0 Å². The van der Waals surface area contributed by atoms with Crippen LogP contribution in [0.5, 0.6) is 0 Å². The second-order valence-corrected chi connectivity index (χ2v) is 7.28. The van der Waals surface area contributed by atoms with Crippen LogP contribution in [0.3, 0.4) is 0 Å². The van der Waals surface area contributed by atoms with E-state index in [0.29, 0.717) is 18.2 Å². The first-order valence-corrected chi connectivity index (χ1v) is 8.52. The monoisotopic (exact) mass is 296 g/mol. The number of hydrogen-bond acceptors (Lipinski definition) is 4. The molecule has 0 amide bonds. The lowest BCUT2D eigenvalue weighted by Gasteiger charge is -2.25. The van der Waals surface area contributed by atoms with E-state index in [4.69, 9.17) is 9.88 Å². The summed E-state index contributed by atoms with van der Waals surface area (Å²) in [5.74, 6) is 0. The minimum atomic E-state index is -3.61. The van der Waals surface area contributed by atoms with E-state index in [9.17, 15) is 8.42 Å². The van der Waals surface area contributed by atoms with Crippen molar-refractivity contribution < 1.29 is 13.2 Å². The largest absolute Gasteiger partial charge is 0.373 e. The van der Waals surface area contributed by atoms with Crippen molar-refractivity contribution in [2.45, 2.75) is 55.4 Å². The third-order valence-electron chi connectivity index (χ3n) is 4.28. The van der Waals surface area contributed by atoms with Gasteiger partial charge in [0.05, 0.1) is 17.1 Å². The van der Waals surface area contributed by atoms with Crippen LogP contribution in [0.15, 0.2) is 29.2 Å². The first kappa shape index (κ1) is 14.0. The van der Waals surface area contributed by atoms with Gasteiger partial charge in [0.25, 0.3) is 0 Å². The van der Waals surface area contributed by atoms with Crippen molar-refractivity contribution in [3.8, 4) is 0 Å². The number of sulfonamides is 1. The smallest absolute Gasteiger partial charge is 0.238 e. The highest BCUT2D eigenvalue weighted by molar-refractivity contribution is 7.89. The molecule has 110 valence electrons. The summed E-state index contributed by atoms with van der Waals surface area (Å²) >= 11 is 0. The van der Waals surface area contributed by atoms with Crippen LogP contribution in [0.1, 0.15) is 37.8 Å². The van der Waals surface area contributed by atoms with Gasteiger partial charge in [-0.3, -0.25) is 0 Å². The van der Waals surface area contributed by atoms with Gasteiger partial charge in [-0.25, -0.2) is 13.6 Å². The fourth-order valence-corrected chi connectivity index (χ4v) is 3.69. The van der Waals surface area contributed by atoms with E-state index in [2.05, 4.69) is 12.2 Å². The molecule has 3 N–H and O–H groups in total. The van der Waals surface area contributed by atoms with Gasteiger partial charge >= 0.3 is 0 Å². The fourth-order valence-electron chi connectivity index (χ4n) is 3.18. The van der Waals surface area contributed by atoms with Crippen LogP contribution in [0.2, 0.25) is 0 Å². The molecule has 2 saturated heterocycles. The Balaban J connectivity index is 1.67. The molecule has 4 unspecified atom stereocenters. The maximum atomic E-state index is 11.2. The van der Waals surface area contributed by atoms with E-state index in [1.165, 1.54) is 6.42 Å². The van der Waals surface area contributed by atoms with Gasteiger partial charge in [-0.05, 0) is 43.9 Å². The van der Waals surface area contributed by atoms with E-state index in [0.717, 1.165) is 18.4 Å². The molecule has 0 radical (unpaired) electrons. The quantitative estimate of drug-likeness (QED) is 0.877. The molecule has 1 aromatic carbocycles. The topological polar surface area (TPSA) is 81.4 Å². The lowest BCUT2D eigenvalue weighted by Crippen LogP contribution is -2.38. The molecule has 20 heavy (non-hydrogen) atoms. The number of nitrogens with two attached hydrogens (primary N) is 1. The van der Waals surface area contributed by atoms with Crippen molar-refractivity contribution in [3.05, 3.63) is 29.8 Å². The van der Waals surface area contributed by atoms with Gasteiger partial charge in [0, 0.05) is 12.1 Å². The van der Waals surface area contributed by atoms with Crippen molar-refractivity contribution in [3.63, 3.8) is 0 Å². The molecular weight excluding hydrogens is 276 g/mol. The zero-order chi connectivity index (χ0) is 14.3. The Kier molecular flexibility index (Phi) is 3.58. The van der Waals surface area contributed by atoms with Gasteiger partial charge in [0.2, 0.25) is 10.0 Å². The standard InChI is InChI=1S/C14H20N2O3S/c1-9(16-13-8-11-4-7-14(13)19-11)10-2-5-12(6-3-10)20(15,17)18/h2-3,5-6,9,11,13-14,16H,4,7-8H2,1H3,(H2,15,17,18). The summed E-state index contributed by atoms with van der Waals surface area (Å²) in [6.45, 7) is 2.08. The van der Waals surface area contributed by atoms with Gasteiger partial charge in [-0.2, -0.15) is 0 Å². The normalized spacial score (nSPS) is 30.6. The molecule has 5 nitrogen and oxygen atoms in total. The SMILES string of the molecule is CC(NC1CC2CCC1O2)c1ccc(S(N)(=O)=O)cc1. The molecular formula is C14H20N2O3S. The average molecular weight is 296 g/mol. The first-order valence-electron chi connectivity index (χ1n) is 6.98. The molecule has 2 fully saturated rings. The van der Waals surface area contributed by atoms with Crippen LogP contribution in [-0.4, -0.2) is 26.7 Å². The molecule has 4 atom stereocenters. The molecule has 6 heteroatoms. The van der Waals surface area contributed by atoms with Crippen LogP contribution >= 0.6 is 0 Å². The lowest BCUT2D eigenvalue weighted by atomic mass is 9.94. The minimum absolute atomic E-state index is 0.150. The van der Waals surface area contributed by atoms with Crippen LogP contribution in [0.25, 0.3) is 0 Å².